The molecule has 0 aliphatic heterocycles. The minimum atomic E-state index is -0.473. The standard InChI is InChI=1S/C14H20N2O3S/c1-4-19-14(18)13-16-11(7-20-13)12(17)15-10-6-5-8(2)9(10)3/h7-10H,4-6H2,1-3H3,(H,15,17). The van der Waals surface area contributed by atoms with Crippen molar-refractivity contribution in [3.05, 3.63) is 16.1 Å². The van der Waals surface area contributed by atoms with Crippen LogP contribution in [0, 0.1) is 11.8 Å². The van der Waals surface area contributed by atoms with E-state index in [1.165, 1.54) is 0 Å². The number of ether oxygens (including phenoxy) is 1. The van der Waals surface area contributed by atoms with Crippen LogP contribution in [-0.4, -0.2) is 29.5 Å². The summed E-state index contributed by atoms with van der Waals surface area (Å²) in [6, 6.07) is 0.199. The first-order valence-electron chi connectivity index (χ1n) is 6.96. The number of nitrogens with zero attached hydrogens (tertiary/aromatic N) is 1. The molecule has 1 aromatic rings. The van der Waals surface area contributed by atoms with Gasteiger partial charge in [0.05, 0.1) is 6.61 Å². The molecule has 1 aliphatic rings. The Morgan fingerprint density at radius 1 is 1.45 bits per heavy atom. The van der Waals surface area contributed by atoms with Crippen molar-refractivity contribution in [2.45, 2.75) is 39.7 Å². The first kappa shape index (κ1) is 15.0. The van der Waals surface area contributed by atoms with Crippen LogP contribution in [0.1, 0.15) is 53.9 Å². The summed E-state index contributed by atoms with van der Waals surface area (Å²) in [7, 11) is 0. The summed E-state index contributed by atoms with van der Waals surface area (Å²) in [6.07, 6.45) is 2.14. The minimum absolute atomic E-state index is 0.199. The third-order valence-electron chi connectivity index (χ3n) is 3.97. The summed E-state index contributed by atoms with van der Waals surface area (Å²) in [5, 5.41) is 4.84. The number of carbonyl (C=O) groups excluding carboxylic acids is 2. The smallest absolute Gasteiger partial charge is 0.367 e. The number of hydrogen-bond acceptors (Lipinski definition) is 5. The summed E-state index contributed by atoms with van der Waals surface area (Å²) in [4.78, 5) is 27.7. The van der Waals surface area contributed by atoms with Gasteiger partial charge in [-0.2, -0.15) is 0 Å². The molecular formula is C14H20N2O3S. The van der Waals surface area contributed by atoms with Crippen molar-refractivity contribution < 1.29 is 14.3 Å². The Hall–Kier alpha value is -1.43. The highest BCUT2D eigenvalue weighted by molar-refractivity contribution is 7.11. The van der Waals surface area contributed by atoms with Gasteiger partial charge in [-0.25, -0.2) is 9.78 Å². The molecule has 2 rings (SSSR count). The second-order valence-electron chi connectivity index (χ2n) is 5.25. The molecule has 0 bridgehead atoms. The molecule has 6 heteroatoms. The predicted octanol–water partition coefficient (Wildman–Crippen LogP) is 2.48. The summed E-state index contributed by atoms with van der Waals surface area (Å²) in [6.45, 7) is 6.41. The monoisotopic (exact) mass is 296 g/mol. The summed E-state index contributed by atoms with van der Waals surface area (Å²) < 4.78 is 4.86. The van der Waals surface area contributed by atoms with E-state index in [0.29, 0.717) is 24.1 Å². The van der Waals surface area contributed by atoms with Gasteiger partial charge in [0.25, 0.3) is 5.91 Å². The highest BCUT2D eigenvalue weighted by Gasteiger charge is 2.31. The van der Waals surface area contributed by atoms with Crippen LogP contribution in [0.3, 0.4) is 0 Å². The Labute approximate surface area is 122 Å². The molecule has 1 aliphatic carbocycles. The Morgan fingerprint density at radius 3 is 2.80 bits per heavy atom. The van der Waals surface area contributed by atoms with Gasteiger partial charge in [0.1, 0.15) is 5.69 Å². The van der Waals surface area contributed by atoms with Gasteiger partial charge in [-0.3, -0.25) is 4.79 Å². The molecule has 1 saturated carbocycles. The molecule has 1 fully saturated rings. The largest absolute Gasteiger partial charge is 0.461 e. The van der Waals surface area contributed by atoms with Gasteiger partial charge in [-0.05, 0) is 31.6 Å². The van der Waals surface area contributed by atoms with Crippen LogP contribution >= 0.6 is 11.3 Å². The van der Waals surface area contributed by atoms with E-state index < -0.39 is 5.97 Å². The van der Waals surface area contributed by atoms with E-state index in [9.17, 15) is 9.59 Å². The first-order valence-corrected chi connectivity index (χ1v) is 7.84. The Morgan fingerprint density at radius 2 is 2.20 bits per heavy atom. The maximum absolute atomic E-state index is 12.1. The molecular weight excluding hydrogens is 276 g/mol. The van der Waals surface area contributed by atoms with Crippen molar-refractivity contribution in [1.29, 1.82) is 0 Å². The molecule has 1 amide bonds. The lowest BCUT2D eigenvalue weighted by atomic mass is 9.98. The summed E-state index contributed by atoms with van der Waals surface area (Å²) in [5.74, 6) is 0.426. The average molecular weight is 296 g/mol. The van der Waals surface area contributed by atoms with Crippen molar-refractivity contribution in [3.8, 4) is 0 Å². The number of thiazole rings is 1. The Bertz CT molecular complexity index is 500. The zero-order valence-electron chi connectivity index (χ0n) is 12.0. The van der Waals surface area contributed by atoms with Gasteiger partial charge in [0.2, 0.25) is 5.01 Å². The summed E-state index contributed by atoms with van der Waals surface area (Å²) >= 11 is 1.14. The third-order valence-corrected chi connectivity index (χ3v) is 4.79. The number of esters is 1. The molecule has 3 atom stereocenters. The predicted molar refractivity (Wildman–Crippen MR) is 76.9 cm³/mol. The van der Waals surface area contributed by atoms with Gasteiger partial charge in [0, 0.05) is 11.4 Å². The molecule has 5 nitrogen and oxygen atoms in total. The van der Waals surface area contributed by atoms with E-state index in [-0.39, 0.29) is 17.0 Å². The van der Waals surface area contributed by atoms with Crippen LogP contribution in [0.5, 0.6) is 0 Å². The molecule has 3 unspecified atom stereocenters. The van der Waals surface area contributed by atoms with E-state index in [2.05, 4.69) is 24.1 Å². The SMILES string of the molecule is CCOC(=O)c1nc(C(=O)NC2CCC(C)C2C)cs1. The lowest BCUT2D eigenvalue weighted by Gasteiger charge is -2.18. The minimum Gasteiger partial charge on any atom is -0.461 e. The molecule has 110 valence electrons. The van der Waals surface area contributed by atoms with Crippen molar-refractivity contribution in [2.75, 3.05) is 6.61 Å². The number of hydrogen-bond donors (Lipinski definition) is 1. The van der Waals surface area contributed by atoms with E-state index in [1.54, 1.807) is 12.3 Å². The average Bonchev–Trinajstić information content (AvgIpc) is 3.02. The van der Waals surface area contributed by atoms with Crippen LogP contribution in [0.15, 0.2) is 5.38 Å². The highest BCUT2D eigenvalue weighted by atomic mass is 32.1. The lowest BCUT2D eigenvalue weighted by molar-refractivity contribution is 0.0526. The fourth-order valence-corrected chi connectivity index (χ4v) is 3.16. The van der Waals surface area contributed by atoms with E-state index >= 15 is 0 Å². The number of rotatable bonds is 4. The second-order valence-corrected chi connectivity index (χ2v) is 6.11. The van der Waals surface area contributed by atoms with Gasteiger partial charge < -0.3 is 10.1 Å². The molecule has 20 heavy (non-hydrogen) atoms. The fourth-order valence-electron chi connectivity index (χ4n) is 2.48. The van der Waals surface area contributed by atoms with E-state index in [0.717, 1.165) is 24.2 Å². The van der Waals surface area contributed by atoms with Crippen molar-refractivity contribution in [2.24, 2.45) is 11.8 Å². The molecule has 1 N–H and O–H groups in total. The van der Waals surface area contributed by atoms with Gasteiger partial charge in [-0.15, -0.1) is 11.3 Å². The Kier molecular flexibility index (Phi) is 4.75. The zero-order chi connectivity index (χ0) is 14.7. The maximum Gasteiger partial charge on any atom is 0.367 e. The van der Waals surface area contributed by atoms with Crippen LogP contribution in [0.4, 0.5) is 0 Å². The summed E-state index contributed by atoms with van der Waals surface area (Å²) in [5.41, 5.74) is 0.296. The van der Waals surface area contributed by atoms with Gasteiger partial charge >= 0.3 is 5.97 Å². The van der Waals surface area contributed by atoms with Gasteiger partial charge in [0.15, 0.2) is 0 Å². The zero-order valence-corrected chi connectivity index (χ0v) is 12.8. The lowest BCUT2D eigenvalue weighted by Crippen LogP contribution is -2.37. The van der Waals surface area contributed by atoms with Crippen LogP contribution in [0.25, 0.3) is 0 Å². The highest BCUT2D eigenvalue weighted by Crippen LogP contribution is 2.31. The van der Waals surface area contributed by atoms with Crippen molar-refractivity contribution >= 4 is 23.2 Å². The van der Waals surface area contributed by atoms with Crippen molar-refractivity contribution in [1.82, 2.24) is 10.3 Å². The fraction of sp³-hybridized carbons (Fsp3) is 0.643. The Balaban J connectivity index is 1.98. The quantitative estimate of drug-likeness (QED) is 0.867. The molecule has 0 spiro atoms. The molecule has 1 heterocycles. The first-order chi connectivity index (χ1) is 9.52. The molecule has 0 radical (unpaired) electrons. The van der Waals surface area contributed by atoms with E-state index in [1.807, 2.05) is 0 Å². The van der Waals surface area contributed by atoms with Crippen LogP contribution in [0.2, 0.25) is 0 Å². The van der Waals surface area contributed by atoms with Gasteiger partial charge in [-0.1, -0.05) is 13.8 Å². The van der Waals surface area contributed by atoms with E-state index in [4.69, 9.17) is 4.74 Å². The van der Waals surface area contributed by atoms with Crippen LogP contribution < -0.4 is 5.32 Å². The number of amides is 1. The third kappa shape index (κ3) is 3.17. The normalized spacial score (nSPS) is 25.4. The molecule has 0 saturated heterocycles. The second kappa shape index (κ2) is 6.35. The molecule has 0 aromatic carbocycles. The van der Waals surface area contributed by atoms with Crippen molar-refractivity contribution in [3.63, 3.8) is 0 Å². The number of nitrogens with one attached hydrogen (secondary N) is 1. The van der Waals surface area contributed by atoms with Crippen LogP contribution in [-0.2, 0) is 4.74 Å². The number of carbonyl (C=O) groups is 2. The number of aromatic nitrogens is 1. The topological polar surface area (TPSA) is 68.3 Å². The molecule has 1 aromatic heterocycles. The maximum atomic E-state index is 12.1.